The summed E-state index contributed by atoms with van der Waals surface area (Å²) >= 11 is 7.16. The summed E-state index contributed by atoms with van der Waals surface area (Å²) in [6, 6.07) is 5.97. The van der Waals surface area contributed by atoms with E-state index >= 15 is 0 Å². The van der Waals surface area contributed by atoms with Crippen LogP contribution in [0.5, 0.6) is 0 Å². The van der Waals surface area contributed by atoms with Gasteiger partial charge in [0.1, 0.15) is 0 Å². The van der Waals surface area contributed by atoms with Crippen molar-refractivity contribution in [1.29, 1.82) is 0 Å². The number of benzene rings is 1. The highest BCUT2D eigenvalue weighted by molar-refractivity contribution is 9.11. The summed E-state index contributed by atoms with van der Waals surface area (Å²) in [6.07, 6.45) is 11.2. The molecule has 2 N–H and O–H groups in total. The number of nitrogens with two attached hydrogens (primary N) is 1. The summed E-state index contributed by atoms with van der Waals surface area (Å²) in [5.74, 6) is 0. The second-order valence-corrected chi connectivity index (χ2v) is 8.23. The lowest BCUT2D eigenvalue weighted by Crippen LogP contribution is -2.40. The van der Waals surface area contributed by atoms with E-state index < -0.39 is 0 Å². The van der Waals surface area contributed by atoms with E-state index in [1.54, 1.807) is 0 Å². The monoisotopic (exact) mass is 414 g/mol. The molecular weight excluding hydrogens is 392 g/mol. The zero-order valence-electron chi connectivity index (χ0n) is 12.5. The predicted molar refractivity (Wildman–Crippen MR) is 96.3 cm³/mol. The first-order chi connectivity index (χ1) is 10.1. The number of rotatable bonds is 4. The van der Waals surface area contributed by atoms with Gasteiger partial charge in [0.15, 0.2) is 0 Å². The van der Waals surface area contributed by atoms with Crippen LogP contribution in [0, 0.1) is 0 Å². The fourth-order valence-corrected chi connectivity index (χ4v) is 5.25. The Hall–Kier alpha value is -0.0600. The summed E-state index contributed by atoms with van der Waals surface area (Å²) in [5.41, 5.74) is 8.18. The standard InChI is InChI=1S/C17H24Br2N2/c18-15-9-12(10-16(19)17(15)20)11-21(13-5-1-2-6-13)14-7-3-4-8-14/h9-10,13-14H,1-8,11,20H2. The lowest BCUT2D eigenvalue weighted by Gasteiger charge is -2.34. The van der Waals surface area contributed by atoms with Crippen molar-refractivity contribution in [2.24, 2.45) is 0 Å². The fraction of sp³-hybridized carbons (Fsp3) is 0.647. The van der Waals surface area contributed by atoms with Crippen molar-refractivity contribution in [3.8, 4) is 0 Å². The van der Waals surface area contributed by atoms with Crippen LogP contribution in [-0.2, 0) is 6.54 Å². The first-order valence-corrected chi connectivity index (χ1v) is 9.73. The van der Waals surface area contributed by atoms with Gasteiger partial charge in [0.25, 0.3) is 0 Å². The molecular formula is C17H24Br2N2. The van der Waals surface area contributed by atoms with Gasteiger partial charge >= 0.3 is 0 Å². The molecule has 0 atom stereocenters. The molecule has 0 aromatic heterocycles. The first-order valence-electron chi connectivity index (χ1n) is 8.14. The average molecular weight is 416 g/mol. The Morgan fingerprint density at radius 3 is 1.76 bits per heavy atom. The highest BCUT2D eigenvalue weighted by Gasteiger charge is 2.30. The Bertz CT molecular complexity index is 453. The number of nitrogens with zero attached hydrogens (tertiary/aromatic N) is 1. The SMILES string of the molecule is Nc1c(Br)cc(CN(C2CCCC2)C2CCCC2)cc1Br. The number of nitrogen functional groups attached to an aromatic ring is 1. The van der Waals surface area contributed by atoms with Crippen LogP contribution in [0.15, 0.2) is 21.1 Å². The van der Waals surface area contributed by atoms with E-state index in [-0.39, 0.29) is 0 Å². The van der Waals surface area contributed by atoms with E-state index in [0.717, 1.165) is 33.3 Å². The maximum absolute atomic E-state index is 6.02. The second-order valence-electron chi connectivity index (χ2n) is 6.52. The van der Waals surface area contributed by atoms with Crippen molar-refractivity contribution >= 4 is 37.5 Å². The number of anilines is 1. The molecule has 0 bridgehead atoms. The molecule has 0 saturated heterocycles. The van der Waals surface area contributed by atoms with E-state index in [9.17, 15) is 0 Å². The van der Waals surface area contributed by atoms with Gasteiger partial charge in [-0.15, -0.1) is 0 Å². The minimum atomic E-state index is 0.795. The van der Waals surface area contributed by atoms with Crippen molar-refractivity contribution in [1.82, 2.24) is 4.90 Å². The first kappa shape index (κ1) is 15.8. The van der Waals surface area contributed by atoms with Gasteiger partial charge in [-0.25, -0.2) is 0 Å². The van der Waals surface area contributed by atoms with Crippen LogP contribution in [0.25, 0.3) is 0 Å². The van der Waals surface area contributed by atoms with Crippen LogP contribution in [0.4, 0.5) is 5.69 Å². The minimum Gasteiger partial charge on any atom is -0.397 e. The minimum absolute atomic E-state index is 0.795. The van der Waals surface area contributed by atoms with Crippen molar-refractivity contribution < 1.29 is 0 Å². The van der Waals surface area contributed by atoms with Gasteiger partial charge in [0, 0.05) is 27.6 Å². The molecule has 2 saturated carbocycles. The van der Waals surface area contributed by atoms with Crippen LogP contribution in [0.1, 0.15) is 56.9 Å². The number of hydrogen-bond donors (Lipinski definition) is 1. The molecule has 2 aliphatic rings. The molecule has 3 rings (SSSR count). The van der Waals surface area contributed by atoms with Crippen LogP contribution in [0.2, 0.25) is 0 Å². The van der Waals surface area contributed by atoms with E-state index in [4.69, 9.17) is 5.73 Å². The maximum Gasteiger partial charge on any atom is 0.0603 e. The molecule has 116 valence electrons. The predicted octanol–water partition coefficient (Wildman–Crippen LogP) is 5.48. The van der Waals surface area contributed by atoms with Gasteiger partial charge < -0.3 is 5.73 Å². The summed E-state index contributed by atoms with van der Waals surface area (Å²) in [6.45, 7) is 1.06. The molecule has 0 heterocycles. The van der Waals surface area contributed by atoms with Crippen molar-refractivity contribution in [3.05, 3.63) is 26.6 Å². The van der Waals surface area contributed by atoms with Gasteiger partial charge in [0.2, 0.25) is 0 Å². The van der Waals surface area contributed by atoms with Gasteiger partial charge in [0.05, 0.1) is 5.69 Å². The third-order valence-corrected chi connectivity index (χ3v) is 6.40. The van der Waals surface area contributed by atoms with Crippen LogP contribution < -0.4 is 5.73 Å². The smallest absolute Gasteiger partial charge is 0.0603 e. The Labute approximate surface area is 144 Å². The van der Waals surface area contributed by atoms with Crippen molar-refractivity contribution in [3.63, 3.8) is 0 Å². The Kier molecular flexibility index (Phi) is 5.28. The highest BCUT2D eigenvalue weighted by Crippen LogP contribution is 2.35. The summed E-state index contributed by atoms with van der Waals surface area (Å²) in [7, 11) is 0. The van der Waals surface area contributed by atoms with E-state index in [2.05, 4.69) is 48.9 Å². The molecule has 2 aliphatic carbocycles. The quantitative estimate of drug-likeness (QED) is 0.659. The molecule has 1 aromatic rings. The molecule has 2 fully saturated rings. The van der Waals surface area contributed by atoms with Gasteiger partial charge in [-0.3, -0.25) is 4.90 Å². The van der Waals surface area contributed by atoms with Gasteiger partial charge in [-0.2, -0.15) is 0 Å². The molecule has 21 heavy (non-hydrogen) atoms. The van der Waals surface area contributed by atoms with Crippen molar-refractivity contribution in [2.45, 2.75) is 70.0 Å². The van der Waals surface area contributed by atoms with E-state index in [0.29, 0.717) is 0 Å². The van der Waals surface area contributed by atoms with E-state index in [1.807, 2.05) is 0 Å². The summed E-state index contributed by atoms with van der Waals surface area (Å²) in [5, 5.41) is 0. The second kappa shape index (κ2) is 7.01. The molecule has 0 aliphatic heterocycles. The Morgan fingerprint density at radius 1 is 0.905 bits per heavy atom. The normalized spacial score (nSPS) is 20.7. The zero-order valence-corrected chi connectivity index (χ0v) is 15.6. The highest BCUT2D eigenvalue weighted by atomic mass is 79.9. The lowest BCUT2D eigenvalue weighted by atomic mass is 10.1. The molecule has 0 spiro atoms. The average Bonchev–Trinajstić information content (AvgIpc) is 3.14. The largest absolute Gasteiger partial charge is 0.397 e. The number of hydrogen-bond acceptors (Lipinski definition) is 2. The molecule has 0 unspecified atom stereocenters. The van der Waals surface area contributed by atoms with Crippen LogP contribution in [-0.4, -0.2) is 17.0 Å². The summed E-state index contributed by atoms with van der Waals surface area (Å²) in [4.78, 5) is 2.80. The van der Waals surface area contributed by atoms with Crippen molar-refractivity contribution in [2.75, 3.05) is 5.73 Å². The molecule has 4 heteroatoms. The number of halogens is 2. The third-order valence-electron chi connectivity index (χ3n) is 5.09. The fourth-order valence-electron chi connectivity index (χ4n) is 3.97. The van der Waals surface area contributed by atoms with Gasteiger partial charge in [-0.1, -0.05) is 25.7 Å². The van der Waals surface area contributed by atoms with Crippen LogP contribution >= 0.6 is 31.9 Å². The van der Waals surface area contributed by atoms with E-state index in [1.165, 1.54) is 56.9 Å². The van der Waals surface area contributed by atoms with Crippen LogP contribution in [0.3, 0.4) is 0 Å². The Morgan fingerprint density at radius 2 is 1.33 bits per heavy atom. The maximum atomic E-state index is 6.02. The van der Waals surface area contributed by atoms with Gasteiger partial charge in [-0.05, 0) is 75.2 Å². The molecule has 0 amide bonds. The molecule has 1 aromatic carbocycles. The lowest BCUT2D eigenvalue weighted by molar-refractivity contribution is 0.128. The summed E-state index contributed by atoms with van der Waals surface area (Å²) < 4.78 is 2.01. The zero-order chi connectivity index (χ0) is 14.8. The topological polar surface area (TPSA) is 29.3 Å². The third kappa shape index (κ3) is 3.65. The molecule has 2 nitrogen and oxygen atoms in total. The molecule has 0 radical (unpaired) electrons. The Balaban J connectivity index is 1.80.